The van der Waals surface area contributed by atoms with Crippen LogP contribution in [-0.2, 0) is 16.4 Å². The molecule has 0 aliphatic carbocycles. The number of pyridine rings is 2. The van der Waals surface area contributed by atoms with Crippen LogP contribution in [0.25, 0.3) is 0 Å². The van der Waals surface area contributed by atoms with E-state index < -0.39 is 10.0 Å². The van der Waals surface area contributed by atoms with Crippen LogP contribution in [0.15, 0.2) is 41.6 Å². The minimum atomic E-state index is -3.56. The van der Waals surface area contributed by atoms with Crippen molar-refractivity contribution in [1.29, 1.82) is 0 Å². The van der Waals surface area contributed by atoms with Gasteiger partial charge in [0.25, 0.3) is 0 Å². The van der Waals surface area contributed by atoms with Gasteiger partial charge in [0.05, 0.1) is 0 Å². The Balaban J connectivity index is 2.13. The second-order valence-corrected chi connectivity index (χ2v) is 7.08. The number of nitrogens with zero attached hydrogens (tertiary/aromatic N) is 3. The summed E-state index contributed by atoms with van der Waals surface area (Å²) in [6.07, 6.45) is 3.52. The summed E-state index contributed by atoms with van der Waals surface area (Å²) in [6, 6.07) is 7.10. The summed E-state index contributed by atoms with van der Waals surface area (Å²) in [5.74, 6) is 0. The van der Waals surface area contributed by atoms with Gasteiger partial charge in [0.15, 0.2) is 0 Å². The number of sulfonamides is 1. The van der Waals surface area contributed by atoms with Crippen molar-refractivity contribution in [3.05, 3.63) is 53.1 Å². The van der Waals surface area contributed by atoms with E-state index in [1.165, 1.54) is 16.6 Å². The molecule has 0 radical (unpaired) electrons. The molecule has 2 aromatic rings. The summed E-state index contributed by atoms with van der Waals surface area (Å²) in [5.41, 5.74) is 1.49. The van der Waals surface area contributed by atoms with Crippen molar-refractivity contribution < 1.29 is 8.42 Å². The predicted molar refractivity (Wildman–Crippen MR) is 81.7 cm³/mol. The average Bonchev–Trinajstić information content (AvgIpc) is 2.48. The minimum Gasteiger partial charge on any atom is -0.261 e. The van der Waals surface area contributed by atoms with Crippen molar-refractivity contribution >= 4 is 21.6 Å². The molecule has 2 heterocycles. The SMILES string of the molecule is Cc1cc(S(=O)(=O)N(C)CCc2ccccn2)cnc1Cl. The third-order valence-corrected chi connectivity index (χ3v) is 5.32. The van der Waals surface area contributed by atoms with Crippen LogP contribution in [0.3, 0.4) is 0 Å². The van der Waals surface area contributed by atoms with Gasteiger partial charge in [-0.1, -0.05) is 17.7 Å². The van der Waals surface area contributed by atoms with Crippen molar-refractivity contribution in [2.45, 2.75) is 18.2 Å². The Morgan fingerprint density at radius 3 is 2.67 bits per heavy atom. The molecule has 21 heavy (non-hydrogen) atoms. The van der Waals surface area contributed by atoms with Crippen LogP contribution in [-0.4, -0.2) is 36.3 Å². The van der Waals surface area contributed by atoms with E-state index in [0.717, 1.165) is 5.69 Å². The highest BCUT2D eigenvalue weighted by Gasteiger charge is 2.21. The highest BCUT2D eigenvalue weighted by molar-refractivity contribution is 7.89. The molecule has 0 aliphatic rings. The highest BCUT2D eigenvalue weighted by Crippen LogP contribution is 2.19. The Morgan fingerprint density at radius 2 is 2.05 bits per heavy atom. The van der Waals surface area contributed by atoms with E-state index in [1.807, 2.05) is 18.2 Å². The van der Waals surface area contributed by atoms with Crippen molar-refractivity contribution in [2.24, 2.45) is 0 Å². The second-order valence-electron chi connectivity index (χ2n) is 4.68. The number of aryl methyl sites for hydroxylation is 1. The topological polar surface area (TPSA) is 63.2 Å². The van der Waals surface area contributed by atoms with E-state index in [4.69, 9.17) is 11.6 Å². The lowest BCUT2D eigenvalue weighted by molar-refractivity contribution is 0.470. The fourth-order valence-electron chi connectivity index (χ4n) is 1.79. The van der Waals surface area contributed by atoms with Gasteiger partial charge >= 0.3 is 0 Å². The molecule has 0 saturated heterocycles. The Labute approximate surface area is 129 Å². The summed E-state index contributed by atoms with van der Waals surface area (Å²) in [7, 11) is -2.02. The maximum atomic E-state index is 12.4. The van der Waals surface area contributed by atoms with Gasteiger partial charge in [-0.2, -0.15) is 0 Å². The zero-order valence-corrected chi connectivity index (χ0v) is 13.4. The average molecular weight is 326 g/mol. The Hall–Kier alpha value is -1.50. The van der Waals surface area contributed by atoms with Crippen LogP contribution in [0.5, 0.6) is 0 Å². The zero-order chi connectivity index (χ0) is 15.5. The van der Waals surface area contributed by atoms with E-state index in [-0.39, 0.29) is 4.90 Å². The molecule has 0 saturated carbocycles. The highest BCUT2D eigenvalue weighted by atomic mass is 35.5. The van der Waals surface area contributed by atoms with E-state index in [2.05, 4.69) is 9.97 Å². The first-order valence-corrected chi connectivity index (χ1v) is 8.21. The molecule has 0 N–H and O–H groups in total. The fourth-order valence-corrected chi connectivity index (χ4v) is 3.10. The molecule has 2 rings (SSSR count). The van der Waals surface area contributed by atoms with Crippen LogP contribution in [0.2, 0.25) is 5.15 Å². The van der Waals surface area contributed by atoms with E-state index in [9.17, 15) is 8.42 Å². The predicted octanol–water partition coefficient (Wildman–Crippen LogP) is 2.30. The lowest BCUT2D eigenvalue weighted by Gasteiger charge is -2.17. The smallest absolute Gasteiger partial charge is 0.244 e. The van der Waals surface area contributed by atoms with E-state index in [0.29, 0.717) is 23.7 Å². The molecule has 0 atom stereocenters. The standard InChI is InChI=1S/C14H16ClN3O2S/c1-11-9-13(10-17-14(11)15)21(19,20)18(2)8-6-12-5-3-4-7-16-12/h3-5,7,9-10H,6,8H2,1-2H3. The van der Waals surface area contributed by atoms with Gasteiger partial charge in [-0.15, -0.1) is 0 Å². The number of likely N-dealkylation sites (N-methyl/N-ethyl adjacent to an activating group) is 1. The van der Waals surface area contributed by atoms with E-state index in [1.54, 1.807) is 20.2 Å². The third kappa shape index (κ3) is 3.78. The molecule has 0 aliphatic heterocycles. The number of hydrogen-bond donors (Lipinski definition) is 0. The normalized spacial score (nSPS) is 11.8. The molecule has 0 unspecified atom stereocenters. The van der Waals surface area contributed by atoms with Crippen LogP contribution in [0.4, 0.5) is 0 Å². The first kappa shape index (κ1) is 15.9. The van der Waals surface area contributed by atoms with Gasteiger partial charge in [0.2, 0.25) is 10.0 Å². The quantitative estimate of drug-likeness (QED) is 0.791. The van der Waals surface area contributed by atoms with E-state index >= 15 is 0 Å². The summed E-state index contributed by atoms with van der Waals surface area (Å²) < 4.78 is 26.2. The first-order chi connectivity index (χ1) is 9.91. The van der Waals surface area contributed by atoms with Crippen LogP contribution in [0, 0.1) is 6.92 Å². The van der Waals surface area contributed by atoms with Gasteiger partial charge in [-0.3, -0.25) is 4.98 Å². The number of halogens is 1. The summed E-state index contributed by atoms with van der Waals surface area (Å²) in [4.78, 5) is 8.22. The second kappa shape index (κ2) is 6.51. The third-order valence-electron chi connectivity index (χ3n) is 3.11. The molecule has 2 aromatic heterocycles. The molecule has 0 spiro atoms. The van der Waals surface area contributed by atoms with Gasteiger partial charge in [-0.05, 0) is 30.7 Å². The lowest BCUT2D eigenvalue weighted by Crippen LogP contribution is -2.29. The molecule has 0 amide bonds. The Morgan fingerprint density at radius 1 is 1.29 bits per heavy atom. The maximum Gasteiger partial charge on any atom is 0.244 e. The van der Waals surface area contributed by atoms with Crippen LogP contribution >= 0.6 is 11.6 Å². The summed E-state index contributed by atoms with van der Waals surface area (Å²) >= 11 is 5.82. The van der Waals surface area contributed by atoms with Gasteiger partial charge in [0.1, 0.15) is 10.0 Å². The molecule has 112 valence electrons. The lowest BCUT2D eigenvalue weighted by atomic mass is 10.3. The Kier molecular flexibility index (Phi) is 4.92. The molecule has 5 nitrogen and oxygen atoms in total. The van der Waals surface area contributed by atoms with Crippen molar-refractivity contribution in [3.8, 4) is 0 Å². The van der Waals surface area contributed by atoms with Gasteiger partial charge in [0, 0.05) is 38.1 Å². The first-order valence-electron chi connectivity index (χ1n) is 6.39. The molecular weight excluding hydrogens is 310 g/mol. The molecule has 7 heteroatoms. The number of aromatic nitrogens is 2. The minimum absolute atomic E-state index is 0.146. The molecule has 0 fully saturated rings. The van der Waals surface area contributed by atoms with Crippen molar-refractivity contribution in [3.63, 3.8) is 0 Å². The molecule has 0 bridgehead atoms. The van der Waals surface area contributed by atoms with Crippen LogP contribution in [0.1, 0.15) is 11.3 Å². The fraction of sp³-hybridized carbons (Fsp3) is 0.286. The van der Waals surface area contributed by atoms with Gasteiger partial charge < -0.3 is 0 Å². The van der Waals surface area contributed by atoms with Crippen LogP contribution < -0.4 is 0 Å². The number of hydrogen-bond acceptors (Lipinski definition) is 4. The monoisotopic (exact) mass is 325 g/mol. The number of rotatable bonds is 5. The largest absolute Gasteiger partial charge is 0.261 e. The van der Waals surface area contributed by atoms with Crippen molar-refractivity contribution in [2.75, 3.05) is 13.6 Å². The molecular formula is C14H16ClN3O2S. The summed E-state index contributed by atoms with van der Waals surface area (Å²) in [6.45, 7) is 2.07. The Bertz CT molecular complexity index is 720. The van der Waals surface area contributed by atoms with Crippen molar-refractivity contribution in [1.82, 2.24) is 14.3 Å². The van der Waals surface area contributed by atoms with Gasteiger partial charge in [-0.25, -0.2) is 17.7 Å². The maximum absolute atomic E-state index is 12.4. The zero-order valence-electron chi connectivity index (χ0n) is 11.8. The summed E-state index contributed by atoms with van der Waals surface area (Å²) in [5, 5.41) is 0.310. The molecule has 0 aromatic carbocycles.